The second-order valence-electron chi connectivity index (χ2n) is 3.41. The molecule has 0 saturated heterocycles. The summed E-state index contributed by atoms with van der Waals surface area (Å²) in [5.74, 6) is -0.260. The van der Waals surface area contributed by atoms with Crippen molar-refractivity contribution in [1.29, 1.82) is 0 Å². The number of hydrogen-bond donors (Lipinski definition) is 1. The number of alkyl halides is 3. The molecule has 0 atom stereocenters. The minimum atomic E-state index is -4.69. The molecule has 0 aliphatic carbocycles. The van der Waals surface area contributed by atoms with Crippen molar-refractivity contribution in [3.63, 3.8) is 0 Å². The Morgan fingerprint density at radius 1 is 1.33 bits per heavy atom. The second-order valence-corrected chi connectivity index (χ2v) is 4.53. The van der Waals surface area contributed by atoms with Crippen LogP contribution in [0, 0.1) is 0 Å². The molecule has 1 heterocycles. The van der Waals surface area contributed by atoms with Crippen LogP contribution in [0.2, 0.25) is 0 Å². The Bertz CT molecular complexity index is 539. The number of ether oxygens (including phenoxy) is 1. The van der Waals surface area contributed by atoms with Gasteiger partial charge in [0.2, 0.25) is 0 Å². The second kappa shape index (κ2) is 4.95. The fraction of sp³-hybridized carbons (Fsp3) is 0.182. The summed E-state index contributed by atoms with van der Waals surface area (Å²) in [5.41, 5.74) is 6.02. The molecule has 0 bridgehead atoms. The molecule has 0 amide bonds. The molecule has 0 unspecified atom stereocenters. The predicted octanol–water partition coefficient (Wildman–Crippen LogP) is 3.17. The quantitative estimate of drug-likeness (QED) is 0.935. The summed E-state index contributed by atoms with van der Waals surface area (Å²) < 4.78 is 40.1. The van der Waals surface area contributed by atoms with E-state index in [1.807, 2.05) is 0 Å². The SMILES string of the molecule is NCc1cnc(-c2cccc(OC(F)(F)F)c2)s1. The minimum absolute atomic E-state index is 0.260. The van der Waals surface area contributed by atoms with E-state index in [0.717, 1.165) is 4.88 Å². The Balaban J connectivity index is 2.26. The average molecular weight is 274 g/mol. The van der Waals surface area contributed by atoms with Crippen LogP contribution < -0.4 is 10.5 Å². The van der Waals surface area contributed by atoms with Crippen LogP contribution in [0.3, 0.4) is 0 Å². The molecular weight excluding hydrogens is 265 g/mol. The topological polar surface area (TPSA) is 48.1 Å². The summed E-state index contributed by atoms with van der Waals surface area (Å²) in [4.78, 5) is 4.96. The summed E-state index contributed by atoms with van der Waals surface area (Å²) in [6.45, 7) is 0.358. The van der Waals surface area contributed by atoms with E-state index in [0.29, 0.717) is 17.1 Å². The number of nitrogens with zero attached hydrogens (tertiary/aromatic N) is 1. The normalized spacial score (nSPS) is 11.6. The molecule has 2 rings (SSSR count). The van der Waals surface area contributed by atoms with Gasteiger partial charge in [-0.3, -0.25) is 0 Å². The van der Waals surface area contributed by atoms with Gasteiger partial charge in [-0.2, -0.15) is 0 Å². The zero-order chi connectivity index (χ0) is 13.2. The first-order valence-corrected chi connectivity index (χ1v) is 5.80. The number of nitrogens with two attached hydrogens (primary N) is 1. The van der Waals surface area contributed by atoms with Crippen molar-refractivity contribution < 1.29 is 17.9 Å². The lowest BCUT2D eigenvalue weighted by Crippen LogP contribution is -2.17. The number of hydrogen-bond acceptors (Lipinski definition) is 4. The van der Waals surface area contributed by atoms with E-state index >= 15 is 0 Å². The highest BCUT2D eigenvalue weighted by atomic mass is 32.1. The molecule has 7 heteroatoms. The lowest BCUT2D eigenvalue weighted by Gasteiger charge is -2.09. The third-order valence-corrected chi connectivity index (χ3v) is 3.14. The lowest BCUT2D eigenvalue weighted by atomic mass is 10.2. The van der Waals surface area contributed by atoms with E-state index in [4.69, 9.17) is 5.73 Å². The van der Waals surface area contributed by atoms with Crippen LogP contribution in [-0.2, 0) is 6.54 Å². The Labute approximate surface area is 105 Å². The van der Waals surface area contributed by atoms with E-state index in [9.17, 15) is 13.2 Å². The first kappa shape index (κ1) is 12.8. The van der Waals surface area contributed by atoms with Crippen molar-refractivity contribution in [2.45, 2.75) is 12.9 Å². The van der Waals surface area contributed by atoms with Gasteiger partial charge < -0.3 is 10.5 Å². The van der Waals surface area contributed by atoms with Gasteiger partial charge in [0.25, 0.3) is 0 Å². The molecule has 18 heavy (non-hydrogen) atoms. The molecule has 0 aliphatic heterocycles. The van der Waals surface area contributed by atoms with Crippen LogP contribution in [0.1, 0.15) is 4.88 Å². The zero-order valence-corrected chi connectivity index (χ0v) is 9.89. The van der Waals surface area contributed by atoms with Gasteiger partial charge in [-0.25, -0.2) is 4.98 Å². The van der Waals surface area contributed by atoms with Gasteiger partial charge >= 0.3 is 6.36 Å². The molecule has 2 N–H and O–H groups in total. The average Bonchev–Trinajstić information content (AvgIpc) is 2.75. The van der Waals surface area contributed by atoms with Crippen LogP contribution in [0.15, 0.2) is 30.5 Å². The van der Waals surface area contributed by atoms with Gasteiger partial charge in [-0.15, -0.1) is 24.5 Å². The highest BCUT2D eigenvalue weighted by Gasteiger charge is 2.31. The van der Waals surface area contributed by atoms with Crippen molar-refractivity contribution >= 4 is 11.3 Å². The fourth-order valence-electron chi connectivity index (χ4n) is 1.36. The monoisotopic (exact) mass is 274 g/mol. The Morgan fingerprint density at radius 2 is 2.11 bits per heavy atom. The summed E-state index contributed by atoms with van der Waals surface area (Å²) >= 11 is 1.34. The van der Waals surface area contributed by atoms with Crippen molar-refractivity contribution in [3.8, 4) is 16.3 Å². The van der Waals surface area contributed by atoms with E-state index in [1.165, 1.54) is 29.5 Å². The minimum Gasteiger partial charge on any atom is -0.406 e. The Kier molecular flexibility index (Phi) is 3.53. The Morgan fingerprint density at radius 3 is 2.72 bits per heavy atom. The maximum absolute atomic E-state index is 12.1. The molecule has 96 valence electrons. The summed E-state index contributed by atoms with van der Waals surface area (Å²) in [6.07, 6.45) is -3.08. The van der Waals surface area contributed by atoms with Gasteiger partial charge in [0.15, 0.2) is 0 Å². The standard InChI is InChI=1S/C11H9F3N2OS/c12-11(13,14)17-8-3-1-2-7(4-8)10-16-6-9(5-15)18-10/h1-4,6H,5,15H2. The van der Waals surface area contributed by atoms with Crippen molar-refractivity contribution in [1.82, 2.24) is 4.98 Å². The number of thiazole rings is 1. The van der Waals surface area contributed by atoms with E-state index in [2.05, 4.69) is 9.72 Å². The molecule has 0 radical (unpaired) electrons. The van der Waals surface area contributed by atoms with Crippen molar-refractivity contribution in [2.75, 3.05) is 0 Å². The van der Waals surface area contributed by atoms with Crippen LogP contribution in [0.4, 0.5) is 13.2 Å². The zero-order valence-electron chi connectivity index (χ0n) is 9.07. The summed E-state index contributed by atoms with van der Waals surface area (Å²) in [7, 11) is 0. The Hall–Kier alpha value is -1.60. The predicted molar refractivity (Wildman–Crippen MR) is 62.1 cm³/mol. The fourth-order valence-corrected chi connectivity index (χ4v) is 2.15. The van der Waals surface area contributed by atoms with Crippen LogP contribution in [0.25, 0.3) is 10.6 Å². The largest absolute Gasteiger partial charge is 0.573 e. The molecule has 0 spiro atoms. The highest BCUT2D eigenvalue weighted by Crippen LogP contribution is 2.30. The van der Waals surface area contributed by atoms with Crippen molar-refractivity contribution in [2.24, 2.45) is 5.73 Å². The molecule has 0 aliphatic rings. The number of benzene rings is 1. The van der Waals surface area contributed by atoms with Gasteiger partial charge in [-0.1, -0.05) is 12.1 Å². The number of halogens is 3. The van der Waals surface area contributed by atoms with E-state index < -0.39 is 6.36 Å². The van der Waals surface area contributed by atoms with Gasteiger partial charge in [0, 0.05) is 23.2 Å². The van der Waals surface area contributed by atoms with Crippen LogP contribution in [-0.4, -0.2) is 11.3 Å². The van der Waals surface area contributed by atoms with Gasteiger partial charge in [0.05, 0.1) is 0 Å². The summed E-state index contributed by atoms with van der Waals surface area (Å²) in [5, 5.41) is 0.614. The molecule has 0 fully saturated rings. The first-order chi connectivity index (χ1) is 8.48. The maximum atomic E-state index is 12.1. The number of rotatable bonds is 3. The molecule has 3 nitrogen and oxygen atoms in total. The smallest absolute Gasteiger partial charge is 0.406 e. The highest BCUT2D eigenvalue weighted by molar-refractivity contribution is 7.15. The third-order valence-electron chi connectivity index (χ3n) is 2.07. The van der Waals surface area contributed by atoms with Gasteiger partial charge in [-0.05, 0) is 12.1 Å². The van der Waals surface area contributed by atoms with Crippen LogP contribution >= 0.6 is 11.3 Å². The molecular formula is C11H9F3N2OS. The van der Waals surface area contributed by atoms with E-state index in [-0.39, 0.29) is 5.75 Å². The van der Waals surface area contributed by atoms with Gasteiger partial charge in [0.1, 0.15) is 10.8 Å². The first-order valence-electron chi connectivity index (χ1n) is 4.99. The molecule has 1 aromatic carbocycles. The molecule has 0 saturated carbocycles. The number of aromatic nitrogens is 1. The molecule has 2 aromatic rings. The van der Waals surface area contributed by atoms with Crippen LogP contribution in [0.5, 0.6) is 5.75 Å². The third kappa shape index (κ3) is 3.21. The lowest BCUT2D eigenvalue weighted by molar-refractivity contribution is -0.274. The molecule has 1 aromatic heterocycles. The van der Waals surface area contributed by atoms with Crippen molar-refractivity contribution in [3.05, 3.63) is 35.3 Å². The summed E-state index contributed by atoms with van der Waals surface area (Å²) in [6, 6.07) is 5.70. The van der Waals surface area contributed by atoms with E-state index in [1.54, 1.807) is 12.3 Å². The maximum Gasteiger partial charge on any atom is 0.573 e.